The Morgan fingerprint density at radius 3 is 2.48 bits per heavy atom. The zero-order valence-corrected chi connectivity index (χ0v) is 16.5. The van der Waals surface area contributed by atoms with Gasteiger partial charge in [-0.25, -0.2) is 0 Å². The fourth-order valence-corrected chi connectivity index (χ4v) is 2.74. The summed E-state index contributed by atoms with van der Waals surface area (Å²) in [6, 6.07) is 12.9. The predicted molar refractivity (Wildman–Crippen MR) is 108 cm³/mol. The van der Waals surface area contributed by atoms with Crippen molar-refractivity contribution in [2.45, 2.75) is 46.6 Å². The monoisotopic (exact) mass is 368 g/mol. The molecule has 2 rings (SSSR count). The first-order valence-electron chi connectivity index (χ1n) is 9.38. The van der Waals surface area contributed by atoms with Gasteiger partial charge in [0.1, 0.15) is 5.75 Å². The van der Waals surface area contributed by atoms with Gasteiger partial charge in [0.15, 0.2) is 6.10 Å². The zero-order chi connectivity index (χ0) is 19.8. The number of amides is 2. The van der Waals surface area contributed by atoms with Crippen LogP contribution in [0.5, 0.6) is 5.75 Å². The first-order valence-corrected chi connectivity index (χ1v) is 9.38. The van der Waals surface area contributed by atoms with E-state index in [1.165, 1.54) is 0 Å². The molecule has 5 nitrogen and oxygen atoms in total. The Morgan fingerprint density at radius 1 is 1.07 bits per heavy atom. The summed E-state index contributed by atoms with van der Waals surface area (Å²) in [5, 5.41) is 5.68. The summed E-state index contributed by atoms with van der Waals surface area (Å²) in [4.78, 5) is 25.1. The van der Waals surface area contributed by atoms with Gasteiger partial charge in [0.2, 0.25) is 0 Å². The quantitative estimate of drug-likeness (QED) is 0.732. The Balaban J connectivity index is 2.14. The minimum absolute atomic E-state index is 0.198. The normalized spacial score (nSPS) is 11.6. The maximum Gasteiger partial charge on any atom is 0.265 e. The zero-order valence-electron chi connectivity index (χ0n) is 16.5. The second-order valence-electron chi connectivity index (χ2n) is 6.57. The Bertz CT molecular complexity index is 802. The summed E-state index contributed by atoms with van der Waals surface area (Å²) in [5.41, 5.74) is 3.06. The van der Waals surface area contributed by atoms with Crippen LogP contribution in [-0.4, -0.2) is 24.5 Å². The molecule has 0 aliphatic carbocycles. The van der Waals surface area contributed by atoms with E-state index in [2.05, 4.69) is 10.6 Å². The van der Waals surface area contributed by atoms with E-state index in [4.69, 9.17) is 4.74 Å². The van der Waals surface area contributed by atoms with E-state index < -0.39 is 6.10 Å². The van der Waals surface area contributed by atoms with Crippen molar-refractivity contribution in [1.29, 1.82) is 0 Å². The van der Waals surface area contributed by atoms with Gasteiger partial charge in [-0.2, -0.15) is 0 Å². The van der Waals surface area contributed by atoms with Crippen LogP contribution in [0.3, 0.4) is 0 Å². The molecule has 27 heavy (non-hydrogen) atoms. The third kappa shape index (κ3) is 5.58. The van der Waals surface area contributed by atoms with Gasteiger partial charge in [-0.05, 0) is 50.5 Å². The highest BCUT2D eigenvalue weighted by molar-refractivity contribution is 6.04. The number of hydrogen-bond acceptors (Lipinski definition) is 3. The highest BCUT2D eigenvalue weighted by atomic mass is 16.5. The highest BCUT2D eigenvalue weighted by Crippen LogP contribution is 2.22. The van der Waals surface area contributed by atoms with Crippen LogP contribution >= 0.6 is 0 Å². The largest absolute Gasteiger partial charge is 0.480 e. The molecule has 144 valence electrons. The van der Waals surface area contributed by atoms with E-state index in [-0.39, 0.29) is 11.8 Å². The highest BCUT2D eigenvalue weighted by Gasteiger charge is 2.21. The average molecular weight is 368 g/mol. The second-order valence-corrected chi connectivity index (χ2v) is 6.57. The third-order valence-corrected chi connectivity index (χ3v) is 4.23. The van der Waals surface area contributed by atoms with Crippen molar-refractivity contribution in [3.05, 3.63) is 59.2 Å². The Morgan fingerprint density at radius 2 is 1.81 bits per heavy atom. The van der Waals surface area contributed by atoms with Crippen LogP contribution in [0.1, 0.15) is 48.2 Å². The SMILES string of the molecule is CCCNC(=O)c1ccccc1NC(=O)[C@@H](CC)Oc1ccc(C)cc1C. The van der Waals surface area contributed by atoms with Crippen LogP contribution in [0, 0.1) is 13.8 Å². The van der Waals surface area contributed by atoms with Crippen LogP contribution in [0.4, 0.5) is 5.69 Å². The van der Waals surface area contributed by atoms with Crippen LogP contribution in [-0.2, 0) is 4.79 Å². The maximum atomic E-state index is 12.7. The predicted octanol–water partition coefficient (Wildman–Crippen LogP) is 4.24. The molecule has 1 atom stereocenters. The van der Waals surface area contributed by atoms with Gasteiger partial charge in [0.25, 0.3) is 11.8 Å². The molecular formula is C22H28N2O3. The number of aryl methyl sites for hydroxylation is 2. The lowest BCUT2D eigenvalue weighted by atomic mass is 10.1. The van der Waals surface area contributed by atoms with Crippen molar-refractivity contribution >= 4 is 17.5 Å². The smallest absolute Gasteiger partial charge is 0.265 e. The first-order chi connectivity index (χ1) is 13.0. The van der Waals surface area contributed by atoms with Crippen molar-refractivity contribution in [2.24, 2.45) is 0 Å². The summed E-state index contributed by atoms with van der Waals surface area (Å²) < 4.78 is 5.94. The van der Waals surface area contributed by atoms with Gasteiger partial charge in [-0.3, -0.25) is 9.59 Å². The molecule has 0 fully saturated rings. The molecule has 2 aromatic rings. The van der Waals surface area contributed by atoms with Crippen molar-refractivity contribution in [2.75, 3.05) is 11.9 Å². The number of benzene rings is 2. The summed E-state index contributed by atoms with van der Waals surface area (Å²) >= 11 is 0. The van der Waals surface area contributed by atoms with Crippen LogP contribution in [0.25, 0.3) is 0 Å². The molecule has 0 spiro atoms. The minimum atomic E-state index is -0.641. The topological polar surface area (TPSA) is 67.4 Å². The molecular weight excluding hydrogens is 340 g/mol. The molecule has 2 N–H and O–H groups in total. The molecule has 0 aliphatic rings. The first kappa shape index (κ1) is 20.5. The molecule has 5 heteroatoms. The second kappa shape index (κ2) is 9.76. The summed E-state index contributed by atoms with van der Waals surface area (Å²) in [6.45, 7) is 8.45. The van der Waals surface area contributed by atoms with E-state index in [9.17, 15) is 9.59 Å². The van der Waals surface area contributed by atoms with Crippen molar-refractivity contribution < 1.29 is 14.3 Å². The number of anilines is 1. The number of nitrogens with one attached hydrogen (secondary N) is 2. The van der Waals surface area contributed by atoms with E-state index in [1.54, 1.807) is 24.3 Å². The Kier molecular flexibility index (Phi) is 7.41. The summed E-state index contributed by atoms with van der Waals surface area (Å²) in [5.74, 6) is 0.223. The van der Waals surface area contributed by atoms with Crippen molar-refractivity contribution in [3.63, 3.8) is 0 Å². The standard InChI is InChI=1S/C22H28N2O3/c1-5-13-23-21(25)17-9-7-8-10-18(17)24-22(26)19(6-2)27-20-12-11-15(3)14-16(20)4/h7-12,14,19H,5-6,13H2,1-4H3,(H,23,25)(H,24,26)/t19-/m1/s1. The average Bonchev–Trinajstić information content (AvgIpc) is 2.65. The van der Waals surface area contributed by atoms with E-state index in [0.29, 0.717) is 30.0 Å². The van der Waals surface area contributed by atoms with Gasteiger partial charge in [-0.1, -0.05) is 43.7 Å². The molecule has 0 saturated heterocycles. The van der Waals surface area contributed by atoms with E-state index in [1.807, 2.05) is 45.9 Å². The van der Waals surface area contributed by atoms with Gasteiger partial charge in [0, 0.05) is 6.54 Å². The number of ether oxygens (including phenoxy) is 1. The van der Waals surface area contributed by atoms with Crippen molar-refractivity contribution in [3.8, 4) is 5.75 Å². The molecule has 0 unspecified atom stereocenters. The fourth-order valence-electron chi connectivity index (χ4n) is 2.74. The lowest BCUT2D eigenvalue weighted by Gasteiger charge is -2.20. The number of rotatable bonds is 8. The Hall–Kier alpha value is -2.82. The van der Waals surface area contributed by atoms with E-state index >= 15 is 0 Å². The lowest BCUT2D eigenvalue weighted by molar-refractivity contribution is -0.122. The molecule has 0 radical (unpaired) electrons. The fraction of sp³-hybridized carbons (Fsp3) is 0.364. The number of para-hydroxylation sites is 1. The molecule has 0 aromatic heterocycles. The van der Waals surface area contributed by atoms with Crippen LogP contribution in [0.15, 0.2) is 42.5 Å². The van der Waals surface area contributed by atoms with Gasteiger partial charge < -0.3 is 15.4 Å². The maximum absolute atomic E-state index is 12.7. The summed E-state index contributed by atoms with van der Waals surface area (Å²) in [6.07, 6.45) is 0.726. The summed E-state index contributed by atoms with van der Waals surface area (Å²) in [7, 11) is 0. The number of carbonyl (C=O) groups excluding carboxylic acids is 2. The number of carbonyl (C=O) groups is 2. The molecule has 2 aromatic carbocycles. The lowest BCUT2D eigenvalue weighted by Crippen LogP contribution is -2.33. The van der Waals surface area contributed by atoms with Gasteiger partial charge in [0.05, 0.1) is 11.3 Å². The molecule has 0 heterocycles. The molecule has 0 saturated carbocycles. The molecule has 0 bridgehead atoms. The van der Waals surface area contributed by atoms with Crippen LogP contribution in [0.2, 0.25) is 0 Å². The molecule has 2 amide bonds. The van der Waals surface area contributed by atoms with Gasteiger partial charge >= 0.3 is 0 Å². The molecule has 0 aliphatic heterocycles. The van der Waals surface area contributed by atoms with E-state index in [0.717, 1.165) is 17.5 Å². The third-order valence-electron chi connectivity index (χ3n) is 4.23. The minimum Gasteiger partial charge on any atom is -0.480 e. The Labute approximate surface area is 161 Å². The van der Waals surface area contributed by atoms with Crippen LogP contribution < -0.4 is 15.4 Å². The van der Waals surface area contributed by atoms with Crippen molar-refractivity contribution in [1.82, 2.24) is 5.32 Å². The van der Waals surface area contributed by atoms with Gasteiger partial charge in [-0.15, -0.1) is 0 Å². The number of hydrogen-bond donors (Lipinski definition) is 2.